The molecule has 0 aliphatic carbocycles. The number of pyridine rings is 1. The van der Waals surface area contributed by atoms with Crippen LogP contribution in [-0.2, 0) is 14.8 Å². The Balaban J connectivity index is 1.57. The minimum absolute atomic E-state index is 0.0114. The molecule has 1 aromatic carbocycles. The first-order chi connectivity index (χ1) is 16.3. The molecule has 1 atom stereocenters. The van der Waals surface area contributed by atoms with Crippen LogP contribution in [0, 0.1) is 6.92 Å². The summed E-state index contributed by atoms with van der Waals surface area (Å²) in [5, 5.41) is 4.06. The van der Waals surface area contributed by atoms with Crippen molar-refractivity contribution < 1.29 is 13.2 Å². The molecule has 0 saturated carbocycles. The Morgan fingerprint density at radius 1 is 1.12 bits per heavy atom. The van der Waals surface area contributed by atoms with E-state index in [1.54, 1.807) is 6.20 Å². The normalized spacial score (nSPS) is 20.1. The number of hydrogen-bond donors (Lipinski definition) is 1. The van der Waals surface area contributed by atoms with Crippen molar-refractivity contribution in [3.05, 3.63) is 52.4 Å². The Hall–Kier alpha value is -2.82. The summed E-state index contributed by atoms with van der Waals surface area (Å²) in [5.74, 6) is 0.400. The van der Waals surface area contributed by atoms with Crippen LogP contribution in [-0.4, -0.2) is 65.9 Å². The summed E-state index contributed by atoms with van der Waals surface area (Å²) in [6, 6.07) is 9.66. The van der Waals surface area contributed by atoms with Gasteiger partial charge in [-0.1, -0.05) is 24.3 Å². The summed E-state index contributed by atoms with van der Waals surface area (Å²) in [6.07, 6.45) is 5.12. The zero-order valence-corrected chi connectivity index (χ0v) is 20.2. The van der Waals surface area contributed by atoms with Crippen LogP contribution in [0.4, 0.5) is 5.95 Å². The number of benzene rings is 1. The standard InChI is InChI=1S/C24H29N5O4S/c1-16-5-3-4-6-20(16)21-13-17-14-25-24(26-18-7-10-28(15-18)34(2,31)32)27-22(17)29(23(21)30)19-8-11-33-12-9-19/h3-6,13-14,18-19H,7-12,15H2,1-2H3,(H,25,26,27)/t18-/m0/s1. The van der Waals surface area contributed by atoms with Crippen LogP contribution in [0.15, 0.2) is 41.3 Å². The van der Waals surface area contributed by atoms with Gasteiger partial charge >= 0.3 is 0 Å². The summed E-state index contributed by atoms with van der Waals surface area (Å²) in [4.78, 5) is 23.1. The lowest BCUT2D eigenvalue weighted by Gasteiger charge is -2.26. The molecule has 10 heteroatoms. The molecular weight excluding hydrogens is 454 g/mol. The third kappa shape index (κ3) is 4.45. The molecule has 5 rings (SSSR count). The predicted octanol–water partition coefficient (Wildman–Crippen LogP) is 2.56. The molecule has 2 aromatic heterocycles. The quantitative estimate of drug-likeness (QED) is 0.594. The number of aromatic nitrogens is 3. The van der Waals surface area contributed by atoms with Crippen molar-refractivity contribution >= 4 is 27.0 Å². The maximum atomic E-state index is 13.8. The Kier molecular flexibility index (Phi) is 6.13. The van der Waals surface area contributed by atoms with E-state index >= 15 is 0 Å². The van der Waals surface area contributed by atoms with Gasteiger partial charge in [-0.05, 0) is 43.4 Å². The van der Waals surface area contributed by atoms with Crippen molar-refractivity contribution in [3.8, 4) is 11.1 Å². The Bertz CT molecular complexity index is 1380. The molecule has 2 saturated heterocycles. The van der Waals surface area contributed by atoms with Gasteiger partial charge in [-0.15, -0.1) is 0 Å². The van der Waals surface area contributed by atoms with Gasteiger partial charge in [0.2, 0.25) is 16.0 Å². The highest BCUT2D eigenvalue weighted by molar-refractivity contribution is 7.88. The van der Waals surface area contributed by atoms with Crippen molar-refractivity contribution in [1.82, 2.24) is 18.8 Å². The van der Waals surface area contributed by atoms with Crippen molar-refractivity contribution in [2.45, 2.75) is 38.3 Å². The van der Waals surface area contributed by atoms with Crippen LogP contribution >= 0.6 is 0 Å². The number of ether oxygens (including phenoxy) is 1. The second-order valence-corrected chi connectivity index (χ2v) is 11.1. The highest BCUT2D eigenvalue weighted by Gasteiger charge is 2.29. The lowest BCUT2D eigenvalue weighted by molar-refractivity contribution is 0.0697. The van der Waals surface area contributed by atoms with E-state index in [2.05, 4.69) is 10.3 Å². The summed E-state index contributed by atoms with van der Waals surface area (Å²) < 4.78 is 32.5. The summed E-state index contributed by atoms with van der Waals surface area (Å²) in [7, 11) is -3.23. The van der Waals surface area contributed by atoms with Crippen LogP contribution < -0.4 is 10.9 Å². The van der Waals surface area contributed by atoms with Gasteiger partial charge in [0, 0.05) is 55.5 Å². The Morgan fingerprint density at radius 3 is 2.59 bits per heavy atom. The molecule has 180 valence electrons. The molecule has 34 heavy (non-hydrogen) atoms. The highest BCUT2D eigenvalue weighted by Crippen LogP contribution is 2.28. The van der Waals surface area contributed by atoms with Crippen LogP contribution in [0.3, 0.4) is 0 Å². The summed E-state index contributed by atoms with van der Waals surface area (Å²) >= 11 is 0. The van der Waals surface area contributed by atoms with Crippen molar-refractivity contribution in [2.24, 2.45) is 0 Å². The third-order valence-corrected chi connectivity index (χ3v) is 7.99. The minimum atomic E-state index is -3.23. The van der Waals surface area contributed by atoms with Crippen LogP contribution in [0.5, 0.6) is 0 Å². The molecule has 2 aliphatic heterocycles. The van der Waals surface area contributed by atoms with Gasteiger partial charge in [-0.2, -0.15) is 4.98 Å². The van der Waals surface area contributed by atoms with E-state index in [0.717, 1.165) is 29.4 Å². The highest BCUT2D eigenvalue weighted by atomic mass is 32.2. The minimum Gasteiger partial charge on any atom is -0.381 e. The molecule has 0 amide bonds. The molecule has 3 aromatic rings. The molecule has 2 fully saturated rings. The van der Waals surface area contributed by atoms with Crippen molar-refractivity contribution in [3.63, 3.8) is 0 Å². The molecule has 4 heterocycles. The van der Waals surface area contributed by atoms with E-state index in [4.69, 9.17) is 9.72 Å². The number of nitrogens with zero attached hydrogens (tertiary/aromatic N) is 4. The largest absolute Gasteiger partial charge is 0.381 e. The number of hydrogen-bond acceptors (Lipinski definition) is 7. The Labute approximate surface area is 198 Å². The number of rotatable bonds is 5. The zero-order valence-electron chi connectivity index (χ0n) is 19.4. The SMILES string of the molecule is Cc1ccccc1-c1cc2cnc(N[C@H]3CCN(S(C)(=O)=O)C3)nc2n(C2CCOCC2)c1=O. The number of anilines is 1. The van der Waals surface area contributed by atoms with Gasteiger partial charge < -0.3 is 10.1 Å². The number of nitrogens with one attached hydrogen (secondary N) is 1. The van der Waals surface area contributed by atoms with E-state index in [-0.39, 0.29) is 17.6 Å². The van der Waals surface area contributed by atoms with E-state index in [0.29, 0.717) is 49.9 Å². The maximum Gasteiger partial charge on any atom is 0.260 e. The topological polar surface area (TPSA) is 106 Å². The van der Waals surface area contributed by atoms with Crippen molar-refractivity contribution in [1.29, 1.82) is 0 Å². The average molecular weight is 484 g/mol. The van der Waals surface area contributed by atoms with Gasteiger partial charge in [-0.3, -0.25) is 9.36 Å². The molecule has 0 spiro atoms. The second kappa shape index (κ2) is 9.09. The number of sulfonamides is 1. The fourth-order valence-electron chi connectivity index (χ4n) is 4.87. The van der Waals surface area contributed by atoms with E-state index < -0.39 is 10.0 Å². The molecule has 0 bridgehead atoms. The van der Waals surface area contributed by atoms with Gasteiger partial charge in [0.1, 0.15) is 5.65 Å². The molecular formula is C24H29N5O4S. The average Bonchev–Trinajstić information content (AvgIpc) is 3.29. The van der Waals surface area contributed by atoms with Gasteiger partial charge in [0.15, 0.2) is 0 Å². The number of fused-ring (bicyclic) bond motifs is 1. The molecule has 0 radical (unpaired) electrons. The second-order valence-electron chi connectivity index (χ2n) is 9.12. The summed E-state index contributed by atoms with van der Waals surface area (Å²) in [6.45, 7) is 4.05. The van der Waals surface area contributed by atoms with Gasteiger partial charge in [0.05, 0.1) is 6.26 Å². The fraction of sp³-hybridized carbons (Fsp3) is 0.458. The molecule has 9 nitrogen and oxygen atoms in total. The van der Waals surface area contributed by atoms with Crippen LogP contribution in [0.25, 0.3) is 22.2 Å². The maximum absolute atomic E-state index is 13.8. The lowest BCUT2D eigenvalue weighted by Crippen LogP contribution is -2.32. The Morgan fingerprint density at radius 2 is 1.88 bits per heavy atom. The van der Waals surface area contributed by atoms with E-state index in [9.17, 15) is 13.2 Å². The predicted molar refractivity (Wildman–Crippen MR) is 132 cm³/mol. The molecule has 0 unspecified atom stereocenters. The zero-order chi connectivity index (χ0) is 23.9. The van der Waals surface area contributed by atoms with Crippen LogP contribution in [0.2, 0.25) is 0 Å². The first kappa shape index (κ1) is 22.9. The lowest BCUT2D eigenvalue weighted by atomic mass is 10.00. The fourth-order valence-corrected chi connectivity index (χ4v) is 5.76. The first-order valence-corrected chi connectivity index (χ1v) is 13.4. The monoisotopic (exact) mass is 483 g/mol. The summed E-state index contributed by atoms with van der Waals surface area (Å²) in [5.41, 5.74) is 3.10. The van der Waals surface area contributed by atoms with Gasteiger partial charge in [-0.25, -0.2) is 17.7 Å². The van der Waals surface area contributed by atoms with E-state index in [1.165, 1.54) is 10.6 Å². The van der Waals surface area contributed by atoms with Gasteiger partial charge in [0.25, 0.3) is 5.56 Å². The molecule has 2 aliphatic rings. The molecule has 1 N–H and O–H groups in total. The third-order valence-electron chi connectivity index (χ3n) is 6.72. The smallest absolute Gasteiger partial charge is 0.260 e. The van der Waals surface area contributed by atoms with Crippen molar-refractivity contribution in [2.75, 3.05) is 37.9 Å². The number of aryl methyl sites for hydroxylation is 1. The van der Waals surface area contributed by atoms with E-state index in [1.807, 2.05) is 41.8 Å². The van der Waals surface area contributed by atoms with Crippen LogP contribution in [0.1, 0.15) is 30.9 Å². The first-order valence-electron chi connectivity index (χ1n) is 11.6.